The van der Waals surface area contributed by atoms with Crippen LogP contribution in [0.4, 0.5) is 4.39 Å². The van der Waals surface area contributed by atoms with Crippen molar-refractivity contribution in [2.45, 2.75) is 19.8 Å². The van der Waals surface area contributed by atoms with Crippen LogP contribution in [0.3, 0.4) is 0 Å². The van der Waals surface area contributed by atoms with Crippen LogP contribution in [0.1, 0.15) is 25.3 Å². The largest absolute Gasteiger partial charge is 0.464 e. The number of hydrogen-bond acceptors (Lipinski definition) is 1. The zero-order valence-electron chi connectivity index (χ0n) is 8.83. The molecule has 2 rings (SSSR count). The second-order valence-electron chi connectivity index (χ2n) is 3.88. The van der Waals surface area contributed by atoms with Crippen LogP contribution in [-0.2, 0) is 0 Å². The van der Waals surface area contributed by atoms with Crippen LogP contribution in [0.2, 0.25) is 0 Å². The summed E-state index contributed by atoms with van der Waals surface area (Å²) in [4.78, 5) is 0. The molecule has 1 nitrogen and oxygen atoms in total. The molecule has 0 spiro atoms. The Morgan fingerprint density at radius 2 is 1.93 bits per heavy atom. The monoisotopic (exact) mass is 204 g/mol. The summed E-state index contributed by atoms with van der Waals surface area (Å²) in [7, 11) is 0. The molecule has 0 amide bonds. The molecule has 2 heteroatoms. The average Bonchev–Trinajstić information content (AvgIpc) is 2.67. The van der Waals surface area contributed by atoms with E-state index in [1.54, 1.807) is 24.5 Å². The number of halogens is 1. The third-order valence-corrected chi connectivity index (χ3v) is 2.43. The van der Waals surface area contributed by atoms with E-state index in [-0.39, 0.29) is 5.82 Å². The zero-order valence-corrected chi connectivity index (χ0v) is 8.83. The predicted molar refractivity (Wildman–Crippen MR) is 58.2 cm³/mol. The SMILES string of the molecule is CC(C)c1coc(-c2ccccc2F)c1. The van der Waals surface area contributed by atoms with Gasteiger partial charge in [0.1, 0.15) is 11.6 Å². The van der Waals surface area contributed by atoms with Crippen molar-refractivity contribution in [1.82, 2.24) is 0 Å². The molecule has 0 bridgehead atoms. The molecule has 0 unspecified atom stereocenters. The summed E-state index contributed by atoms with van der Waals surface area (Å²) in [5, 5.41) is 0. The van der Waals surface area contributed by atoms with Crippen LogP contribution in [0.25, 0.3) is 11.3 Å². The van der Waals surface area contributed by atoms with Crippen LogP contribution < -0.4 is 0 Å². The van der Waals surface area contributed by atoms with Crippen molar-refractivity contribution in [3.05, 3.63) is 48.0 Å². The summed E-state index contributed by atoms with van der Waals surface area (Å²) in [6, 6.07) is 8.52. The van der Waals surface area contributed by atoms with E-state index >= 15 is 0 Å². The summed E-state index contributed by atoms with van der Waals surface area (Å²) >= 11 is 0. The number of rotatable bonds is 2. The van der Waals surface area contributed by atoms with E-state index in [2.05, 4.69) is 13.8 Å². The average molecular weight is 204 g/mol. The summed E-state index contributed by atoms with van der Waals surface area (Å²) in [6.45, 7) is 4.16. The molecule has 0 radical (unpaired) electrons. The van der Waals surface area contributed by atoms with Gasteiger partial charge >= 0.3 is 0 Å². The first-order valence-electron chi connectivity index (χ1n) is 5.02. The maximum atomic E-state index is 13.4. The molecule has 0 atom stereocenters. The Hall–Kier alpha value is -1.57. The van der Waals surface area contributed by atoms with Crippen molar-refractivity contribution < 1.29 is 8.81 Å². The summed E-state index contributed by atoms with van der Waals surface area (Å²) in [6.07, 6.45) is 1.69. The standard InChI is InChI=1S/C13H13FO/c1-9(2)10-7-13(15-8-10)11-5-3-4-6-12(11)14/h3-9H,1-2H3. The van der Waals surface area contributed by atoms with Crippen molar-refractivity contribution in [1.29, 1.82) is 0 Å². The first kappa shape index (κ1) is 9.97. The first-order chi connectivity index (χ1) is 7.18. The van der Waals surface area contributed by atoms with Gasteiger partial charge in [0.2, 0.25) is 0 Å². The lowest BCUT2D eigenvalue weighted by Crippen LogP contribution is -1.82. The highest BCUT2D eigenvalue weighted by Crippen LogP contribution is 2.27. The lowest BCUT2D eigenvalue weighted by atomic mass is 10.1. The van der Waals surface area contributed by atoms with Gasteiger partial charge in [-0.1, -0.05) is 26.0 Å². The van der Waals surface area contributed by atoms with Gasteiger partial charge in [0, 0.05) is 0 Å². The van der Waals surface area contributed by atoms with Crippen LogP contribution in [-0.4, -0.2) is 0 Å². The minimum absolute atomic E-state index is 0.248. The fraction of sp³-hybridized carbons (Fsp3) is 0.231. The molecule has 1 heterocycles. The molecule has 15 heavy (non-hydrogen) atoms. The molecule has 1 aromatic carbocycles. The molecule has 0 aliphatic rings. The quantitative estimate of drug-likeness (QED) is 0.714. The lowest BCUT2D eigenvalue weighted by Gasteiger charge is -1.98. The molecule has 0 saturated carbocycles. The van der Waals surface area contributed by atoms with Gasteiger partial charge in [0.25, 0.3) is 0 Å². The van der Waals surface area contributed by atoms with Gasteiger partial charge in [-0.3, -0.25) is 0 Å². The molecule has 0 saturated heterocycles. The molecule has 1 aromatic heterocycles. The minimum atomic E-state index is -0.248. The fourth-order valence-corrected chi connectivity index (χ4v) is 1.46. The zero-order chi connectivity index (χ0) is 10.8. The molecule has 0 aliphatic carbocycles. The number of furan rings is 1. The summed E-state index contributed by atoms with van der Waals surface area (Å²) < 4.78 is 18.8. The van der Waals surface area contributed by atoms with Crippen molar-refractivity contribution in [3.63, 3.8) is 0 Å². The van der Waals surface area contributed by atoms with Crippen LogP contribution in [0.15, 0.2) is 41.0 Å². The van der Waals surface area contributed by atoms with Crippen molar-refractivity contribution >= 4 is 0 Å². The van der Waals surface area contributed by atoms with Crippen LogP contribution in [0.5, 0.6) is 0 Å². The van der Waals surface area contributed by atoms with Gasteiger partial charge in [-0.25, -0.2) is 4.39 Å². The number of benzene rings is 1. The predicted octanol–water partition coefficient (Wildman–Crippen LogP) is 4.21. The molecular weight excluding hydrogens is 191 g/mol. The Bertz CT molecular complexity index is 457. The van der Waals surface area contributed by atoms with E-state index in [0.29, 0.717) is 17.2 Å². The van der Waals surface area contributed by atoms with Crippen LogP contribution in [0, 0.1) is 5.82 Å². The lowest BCUT2D eigenvalue weighted by molar-refractivity contribution is 0.565. The third-order valence-electron chi connectivity index (χ3n) is 2.43. The number of hydrogen-bond donors (Lipinski definition) is 0. The minimum Gasteiger partial charge on any atom is -0.464 e. The van der Waals surface area contributed by atoms with Gasteiger partial charge in [-0.2, -0.15) is 0 Å². The van der Waals surface area contributed by atoms with Crippen LogP contribution >= 0.6 is 0 Å². The molecule has 0 fully saturated rings. The molecular formula is C13H13FO. The summed E-state index contributed by atoms with van der Waals surface area (Å²) in [5.74, 6) is 0.744. The smallest absolute Gasteiger partial charge is 0.137 e. The van der Waals surface area contributed by atoms with E-state index in [0.717, 1.165) is 5.56 Å². The van der Waals surface area contributed by atoms with Crippen molar-refractivity contribution in [3.8, 4) is 11.3 Å². The molecule has 2 aromatic rings. The highest BCUT2D eigenvalue weighted by molar-refractivity contribution is 5.58. The normalized spacial score (nSPS) is 10.9. The Morgan fingerprint density at radius 3 is 2.53 bits per heavy atom. The van der Waals surface area contributed by atoms with Gasteiger partial charge in [-0.05, 0) is 29.7 Å². The Labute approximate surface area is 88.5 Å². The second-order valence-corrected chi connectivity index (χ2v) is 3.88. The Morgan fingerprint density at radius 1 is 1.20 bits per heavy atom. The van der Waals surface area contributed by atoms with Crippen molar-refractivity contribution in [2.75, 3.05) is 0 Å². The fourth-order valence-electron chi connectivity index (χ4n) is 1.46. The topological polar surface area (TPSA) is 13.1 Å². The van der Waals surface area contributed by atoms with E-state index in [9.17, 15) is 4.39 Å². The Balaban J connectivity index is 2.42. The van der Waals surface area contributed by atoms with E-state index in [4.69, 9.17) is 4.42 Å². The Kier molecular flexibility index (Phi) is 2.58. The van der Waals surface area contributed by atoms with Gasteiger partial charge in [0.15, 0.2) is 0 Å². The highest BCUT2D eigenvalue weighted by Gasteiger charge is 2.10. The van der Waals surface area contributed by atoms with Gasteiger partial charge in [0.05, 0.1) is 11.8 Å². The highest BCUT2D eigenvalue weighted by atomic mass is 19.1. The maximum Gasteiger partial charge on any atom is 0.137 e. The molecule has 78 valence electrons. The van der Waals surface area contributed by atoms with Crippen molar-refractivity contribution in [2.24, 2.45) is 0 Å². The maximum absolute atomic E-state index is 13.4. The molecule has 0 aliphatic heterocycles. The molecule has 0 N–H and O–H groups in total. The third kappa shape index (κ3) is 1.94. The van der Waals surface area contributed by atoms with Gasteiger partial charge < -0.3 is 4.42 Å². The summed E-state index contributed by atoms with van der Waals surface area (Å²) in [5.41, 5.74) is 1.61. The second kappa shape index (κ2) is 3.89. The van der Waals surface area contributed by atoms with Gasteiger partial charge in [-0.15, -0.1) is 0 Å². The van der Waals surface area contributed by atoms with E-state index in [1.807, 2.05) is 6.07 Å². The first-order valence-corrected chi connectivity index (χ1v) is 5.02. The van der Waals surface area contributed by atoms with E-state index < -0.39 is 0 Å². The van der Waals surface area contributed by atoms with E-state index in [1.165, 1.54) is 6.07 Å².